The van der Waals surface area contributed by atoms with E-state index in [1.165, 1.54) is 11.8 Å². The third-order valence-corrected chi connectivity index (χ3v) is 8.51. The Kier molecular flexibility index (Phi) is 6.57. The van der Waals surface area contributed by atoms with Crippen LogP contribution in [0.3, 0.4) is 0 Å². The second-order valence-corrected chi connectivity index (χ2v) is 11.1. The van der Waals surface area contributed by atoms with Gasteiger partial charge in [-0.3, -0.25) is 18.6 Å². The lowest BCUT2D eigenvalue weighted by Gasteiger charge is -2.26. The normalized spacial score (nSPS) is 17.9. The standard InChI is InChI=1S/C21H27N5O4S2/c1-3-5-11-25-19(28)16-8-6-7-9-17(16)26-20(25)22-23-21(26)31-13-18(27)24(4-2)15-10-12-32(29,30)14-15/h6-9,15H,3-5,10-14H2,1-2H3. The zero-order chi connectivity index (χ0) is 22.9. The van der Waals surface area contributed by atoms with Crippen molar-refractivity contribution >= 4 is 44.2 Å². The van der Waals surface area contributed by atoms with Gasteiger partial charge in [0.2, 0.25) is 11.7 Å². The predicted octanol–water partition coefficient (Wildman–Crippen LogP) is 1.97. The average Bonchev–Trinajstić information content (AvgIpc) is 3.36. The van der Waals surface area contributed by atoms with Crippen LogP contribution in [0.1, 0.15) is 33.1 Å². The summed E-state index contributed by atoms with van der Waals surface area (Å²) < 4.78 is 27.2. The molecule has 0 N–H and O–H groups in total. The largest absolute Gasteiger partial charge is 0.338 e. The van der Waals surface area contributed by atoms with Gasteiger partial charge in [-0.2, -0.15) is 0 Å². The number of amides is 1. The fraction of sp³-hybridized carbons (Fsp3) is 0.524. The third kappa shape index (κ3) is 4.27. The number of benzene rings is 1. The topological polar surface area (TPSA) is 107 Å². The lowest BCUT2D eigenvalue weighted by molar-refractivity contribution is -0.129. The number of thioether (sulfide) groups is 1. The van der Waals surface area contributed by atoms with Crippen molar-refractivity contribution in [2.75, 3.05) is 23.8 Å². The van der Waals surface area contributed by atoms with Crippen molar-refractivity contribution in [2.45, 2.75) is 50.9 Å². The summed E-state index contributed by atoms with van der Waals surface area (Å²) >= 11 is 1.25. The molecule has 0 radical (unpaired) electrons. The molecule has 1 amide bonds. The molecule has 1 atom stereocenters. The molecule has 1 unspecified atom stereocenters. The molecule has 3 aromatic rings. The Hall–Kier alpha value is -2.40. The van der Waals surface area contributed by atoms with Crippen LogP contribution < -0.4 is 5.56 Å². The lowest BCUT2D eigenvalue weighted by Crippen LogP contribution is -2.42. The van der Waals surface area contributed by atoms with Gasteiger partial charge in [0.15, 0.2) is 15.0 Å². The number of hydrogen-bond donors (Lipinski definition) is 0. The Labute approximate surface area is 190 Å². The molecule has 1 aliphatic heterocycles. The predicted molar refractivity (Wildman–Crippen MR) is 125 cm³/mol. The number of aryl methyl sites for hydroxylation is 1. The Bertz CT molecular complexity index is 1310. The zero-order valence-electron chi connectivity index (χ0n) is 18.2. The summed E-state index contributed by atoms with van der Waals surface area (Å²) in [6.07, 6.45) is 2.27. The van der Waals surface area contributed by atoms with Gasteiger partial charge in [0.05, 0.1) is 28.2 Å². The Morgan fingerprint density at radius 3 is 2.72 bits per heavy atom. The van der Waals surface area contributed by atoms with Gasteiger partial charge >= 0.3 is 0 Å². The molecule has 1 saturated heterocycles. The van der Waals surface area contributed by atoms with Crippen molar-refractivity contribution in [2.24, 2.45) is 0 Å². The first kappa shape index (κ1) is 22.8. The highest BCUT2D eigenvalue weighted by atomic mass is 32.2. The maximum Gasteiger partial charge on any atom is 0.262 e. The number of aromatic nitrogens is 4. The van der Waals surface area contributed by atoms with E-state index in [0.717, 1.165) is 12.8 Å². The number of carbonyl (C=O) groups excluding carboxylic acids is 1. The van der Waals surface area contributed by atoms with Crippen LogP contribution in [0, 0.1) is 0 Å². The molecule has 3 heterocycles. The van der Waals surface area contributed by atoms with Gasteiger partial charge in [0.1, 0.15) is 0 Å². The fourth-order valence-electron chi connectivity index (χ4n) is 4.21. The summed E-state index contributed by atoms with van der Waals surface area (Å²) in [5.41, 5.74) is 0.607. The van der Waals surface area contributed by atoms with Crippen molar-refractivity contribution in [3.05, 3.63) is 34.6 Å². The molecule has 4 rings (SSSR count). The van der Waals surface area contributed by atoms with Crippen molar-refractivity contribution in [3.63, 3.8) is 0 Å². The SMILES string of the molecule is CCCCn1c(=O)c2ccccc2n2c(SCC(=O)N(CC)C3CCS(=O)(=O)C3)nnc12. The van der Waals surface area contributed by atoms with E-state index in [9.17, 15) is 18.0 Å². The minimum Gasteiger partial charge on any atom is -0.338 e. The Balaban J connectivity index is 1.64. The Morgan fingerprint density at radius 2 is 2.03 bits per heavy atom. The smallest absolute Gasteiger partial charge is 0.262 e. The van der Waals surface area contributed by atoms with E-state index in [-0.39, 0.29) is 34.8 Å². The number of hydrogen-bond acceptors (Lipinski definition) is 7. The number of sulfone groups is 1. The van der Waals surface area contributed by atoms with E-state index in [1.54, 1.807) is 15.5 Å². The van der Waals surface area contributed by atoms with E-state index in [2.05, 4.69) is 17.1 Å². The molecule has 1 aliphatic rings. The van der Waals surface area contributed by atoms with Gasteiger partial charge in [0.25, 0.3) is 5.56 Å². The van der Waals surface area contributed by atoms with E-state index in [0.29, 0.717) is 41.3 Å². The van der Waals surface area contributed by atoms with Crippen LogP contribution in [-0.2, 0) is 21.2 Å². The van der Waals surface area contributed by atoms with Gasteiger partial charge in [0, 0.05) is 19.1 Å². The summed E-state index contributed by atoms with van der Waals surface area (Å²) in [5, 5.41) is 9.67. The van der Waals surface area contributed by atoms with Gasteiger partial charge in [-0.05, 0) is 31.9 Å². The van der Waals surface area contributed by atoms with Gasteiger partial charge in [-0.15, -0.1) is 10.2 Å². The number of fused-ring (bicyclic) bond motifs is 3. The van der Waals surface area contributed by atoms with Crippen molar-refractivity contribution in [1.82, 2.24) is 24.1 Å². The van der Waals surface area contributed by atoms with Crippen LogP contribution in [0.2, 0.25) is 0 Å². The summed E-state index contributed by atoms with van der Waals surface area (Å²) in [5.74, 6) is 0.615. The van der Waals surface area contributed by atoms with E-state index >= 15 is 0 Å². The maximum atomic E-state index is 13.0. The van der Waals surface area contributed by atoms with Crippen LogP contribution in [0.4, 0.5) is 0 Å². The van der Waals surface area contributed by atoms with Crippen LogP contribution in [0.5, 0.6) is 0 Å². The van der Waals surface area contributed by atoms with Crippen LogP contribution in [0.15, 0.2) is 34.2 Å². The second-order valence-electron chi connectivity index (χ2n) is 7.97. The molecular weight excluding hydrogens is 450 g/mol. The molecule has 2 aromatic heterocycles. The number of rotatable bonds is 8. The molecule has 0 bridgehead atoms. The first-order valence-electron chi connectivity index (χ1n) is 10.9. The zero-order valence-corrected chi connectivity index (χ0v) is 19.9. The fourth-order valence-corrected chi connectivity index (χ4v) is 6.77. The van der Waals surface area contributed by atoms with Gasteiger partial charge < -0.3 is 4.90 Å². The summed E-state index contributed by atoms with van der Waals surface area (Å²) in [7, 11) is -3.07. The maximum absolute atomic E-state index is 13.0. The minimum atomic E-state index is -3.07. The highest BCUT2D eigenvalue weighted by Gasteiger charge is 2.34. The van der Waals surface area contributed by atoms with Gasteiger partial charge in [-0.25, -0.2) is 8.42 Å². The first-order chi connectivity index (χ1) is 15.4. The van der Waals surface area contributed by atoms with Crippen molar-refractivity contribution in [3.8, 4) is 0 Å². The molecule has 1 aromatic carbocycles. The molecule has 11 heteroatoms. The summed E-state index contributed by atoms with van der Waals surface area (Å²) in [6.45, 7) is 4.93. The minimum absolute atomic E-state index is 0.0272. The first-order valence-corrected chi connectivity index (χ1v) is 13.7. The molecule has 0 aliphatic carbocycles. The number of unbranched alkanes of at least 4 members (excludes halogenated alkanes) is 1. The van der Waals surface area contributed by atoms with E-state index in [1.807, 2.05) is 29.5 Å². The number of nitrogens with zero attached hydrogens (tertiary/aromatic N) is 5. The molecule has 0 spiro atoms. The highest BCUT2D eigenvalue weighted by molar-refractivity contribution is 7.99. The monoisotopic (exact) mass is 477 g/mol. The summed E-state index contributed by atoms with van der Waals surface area (Å²) in [4.78, 5) is 27.6. The van der Waals surface area contributed by atoms with Crippen LogP contribution >= 0.6 is 11.8 Å². The quantitative estimate of drug-likeness (QED) is 0.457. The highest BCUT2D eigenvalue weighted by Crippen LogP contribution is 2.24. The van der Waals surface area contributed by atoms with Crippen LogP contribution in [0.25, 0.3) is 16.7 Å². The molecule has 9 nitrogen and oxygen atoms in total. The van der Waals surface area contributed by atoms with E-state index < -0.39 is 9.84 Å². The second kappa shape index (κ2) is 9.22. The molecule has 1 fully saturated rings. The van der Waals surface area contributed by atoms with Crippen molar-refractivity contribution < 1.29 is 13.2 Å². The molecule has 172 valence electrons. The lowest BCUT2D eigenvalue weighted by atomic mass is 10.2. The molecule has 0 saturated carbocycles. The van der Waals surface area contributed by atoms with E-state index in [4.69, 9.17) is 0 Å². The Morgan fingerprint density at radius 1 is 1.25 bits per heavy atom. The summed E-state index contributed by atoms with van der Waals surface area (Å²) in [6, 6.07) is 7.06. The third-order valence-electron chi connectivity index (χ3n) is 5.85. The van der Waals surface area contributed by atoms with Crippen molar-refractivity contribution in [1.29, 1.82) is 0 Å². The number of para-hydroxylation sites is 1. The molecular formula is C21H27N5O4S2. The van der Waals surface area contributed by atoms with Crippen LogP contribution in [-0.4, -0.2) is 68.2 Å². The average molecular weight is 478 g/mol. The number of carbonyl (C=O) groups is 1. The molecule has 32 heavy (non-hydrogen) atoms. The van der Waals surface area contributed by atoms with Gasteiger partial charge in [-0.1, -0.05) is 37.2 Å².